The average molecular weight is 303 g/mol. The van der Waals surface area contributed by atoms with Crippen LogP contribution in [-0.4, -0.2) is 40.2 Å². The van der Waals surface area contributed by atoms with Crippen molar-refractivity contribution in [2.75, 3.05) is 7.11 Å². The third-order valence-electron chi connectivity index (χ3n) is 4.69. The van der Waals surface area contributed by atoms with Crippen molar-refractivity contribution in [2.45, 2.75) is 45.8 Å². The van der Waals surface area contributed by atoms with Gasteiger partial charge in [0.1, 0.15) is 0 Å². The number of rotatable bonds is 2. The van der Waals surface area contributed by atoms with Crippen molar-refractivity contribution in [1.29, 1.82) is 0 Å². The second kappa shape index (κ2) is 4.70. The first-order chi connectivity index (χ1) is 10.2. The highest BCUT2D eigenvalue weighted by molar-refractivity contribution is 6.63. The molecule has 7 heteroatoms. The van der Waals surface area contributed by atoms with E-state index in [1.165, 1.54) is 0 Å². The van der Waals surface area contributed by atoms with Crippen LogP contribution in [0.5, 0.6) is 5.88 Å². The van der Waals surface area contributed by atoms with Crippen LogP contribution in [0.15, 0.2) is 6.07 Å². The highest BCUT2D eigenvalue weighted by atomic mass is 16.7. The summed E-state index contributed by atoms with van der Waals surface area (Å²) in [5, 5.41) is 5.39. The summed E-state index contributed by atoms with van der Waals surface area (Å²) < 4.78 is 19.4. The van der Waals surface area contributed by atoms with Gasteiger partial charge in [0.15, 0.2) is 5.65 Å². The van der Waals surface area contributed by atoms with E-state index in [0.29, 0.717) is 5.88 Å². The lowest BCUT2D eigenvalue weighted by molar-refractivity contribution is 0.00578. The largest absolute Gasteiger partial charge is 0.500 e. The molecule has 0 N–H and O–H groups in total. The van der Waals surface area contributed by atoms with Crippen LogP contribution in [0.4, 0.5) is 0 Å². The standard InChI is InChI=1S/C15H22BN3O3/c1-9-10-8-11(13(20-7)17-12(10)19(6)18-9)16-21-14(2,3)15(4,5)22-16/h8H,1-7H3. The van der Waals surface area contributed by atoms with Crippen molar-refractivity contribution in [3.63, 3.8) is 0 Å². The van der Waals surface area contributed by atoms with Gasteiger partial charge in [-0.2, -0.15) is 10.1 Å². The van der Waals surface area contributed by atoms with Crippen molar-refractivity contribution in [3.8, 4) is 5.88 Å². The molecule has 1 aliphatic rings. The Balaban J connectivity index is 2.13. The van der Waals surface area contributed by atoms with E-state index < -0.39 is 18.3 Å². The SMILES string of the molecule is COc1nc2c(cc1B1OC(C)(C)C(C)(C)O1)c(C)nn2C. The maximum absolute atomic E-state index is 6.12. The summed E-state index contributed by atoms with van der Waals surface area (Å²) >= 11 is 0. The zero-order valence-corrected chi connectivity index (χ0v) is 14.2. The Morgan fingerprint density at radius 1 is 1.18 bits per heavy atom. The van der Waals surface area contributed by atoms with Gasteiger partial charge in [0.2, 0.25) is 5.88 Å². The summed E-state index contributed by atoms with van der Waals surface area (Å²) in [5.74, 6) is 0.508. The molecule has 0 spiro atoms. The molecule has 1 saturated heterocycles. The lowest BCUT2D eigenvalue weighted by Gasteiger charge is -2.32. The molecular weight excluding hydrogens is 281 g/mol. The lowest BCUT2D eigenvalue weighted by Crippen LogP contribution is -2.41. The maximum Gasteiger partial charge on any atom is 0.500 e. The van der Waals surface area contributed by atoms with Crippen LogP contribution in [0.2, 0.25) is 0 Å². The Hall–Kier alpha value is -1.60. The molecule has 1 aliphatic heterocycles. The molecule has 3 heterocycles. The zero-order valence-electron chi connectivity index (χ0n) is 14.2. The number of pyridine rings is 1. The molecule has 118 valence electrons. The van der Waals surface area contributed by atoms with E-state index in [1.807, 2.05) is 47.7 Å². The van der Waals surface area contributed by atoms with Crippen molar-refractivity contribution in [3.05, 3.63) is 11.8 Å². The predicted octanol–water partition coefficient (Wildman–Crippen LogP) is 1.58. The molecule has 3 rings (SSSR count). The van der Waals surface area contributed by atoms with E-state index in [-0.39, 0.29) is 0 Å². The first-order valence-corrected chi connectivity index (χ1v) is 7.40. The molecule has 0 radical (unpaired) electrons. The van der Waals surface area contributed by atoms with Crippen molar-refractivity contribution < 1.29 is 14.0 Å². The Morgan fingerprint density at radius 2 is 1.77 bits per heavy atom. The van der Waals surface area contributed by atoms with E-state index in [2.05, 4.69) is 10.1 Å². The molecule has 2 aromatic heterocycles. The third kappa shape index (κ3) is 2.11. The first-order valence-electron chi connectivity index (χ1n) is 7.40. The normalized spacial score (nSPS) is 19.9. The second-order valence-corrected chi connectivity index (χ2v) is 6.76. The molecule has 0 atom stereocenters. The van der Waals surface area contributed by atoms with E-state index in [1.54, 1.807) is 11.8 Å². The van der Waals surface area contributed by atoms with Gasteiger partial charge in [-0.3, -0.25) is 4.68 Å². The summed E-state index contributed by atoms with van der Waals surface area (Å²) in [7, 11) is 2.97. The number of aromatic nitrogens is 3. The molecule has 0 unspecified atom stereocenters. The maximum atomic E-state index is 6.12. The Morgan fingerprint density at radius 3 is 2.32 bits per heavy atom. The average Bonchev–Trinajstić information content (AvgIpc) is 2.82. The molecule has 6 nitrogen and oxygen atoms in total. The van der Waals surface area contributed by atoms with Gasteiger partial charge < -0.3 is 14.0 Å². The number of nitrogens with zero attached hydrogens (tertiary/aromatic N) is 3. The van der Waals surface area contributed by atoms with Crippen molar-refractivity contribution in [1.82, 2.24) is 14.8 Å². The van der Waals surface area contributed by atoms with E-state index >= 15 is 0 Å². The number of hydrogen-bond acceptors (Lipinski definition) is 5. The van der Waals surface area contributed by atoms with Gasteiger partial charge in [0.25, 0.3) is 0 Å². The first kappa shape index (κ1) is 15.3. The van der Waals surface area contributed by atoms with E-state index in [0.717, 1.165) is 22.2 Å². The third-order valence-corrected chi connectivity index (χ3v) is 4.69. The van der Waals surface area contributed by atoms with Gasteiger partial charge in [-0.05, 0) is 40.7 Å². The molecule has 1 fully saturated rings. The molecule has 0 saturated carbocycles. The number of ether oxygens (including phenoxy) is 1. The number of methoxy groups -OCH3 is 1. The quantitative estimate of drug-likeness (QED) is 0.789. The number of fused-ring (bicyclic) bond motifs is 1. The van der Waals surface area contributed by atoms with Gasteiger partial charge in [-0.25, -0.2) is 0 Å². The van der Waals surface area contributed by atoms with Crippen LogP contribution < -0.4 is 10.2 Å². The van der Waals surface area contributed by atoms with Gasteiger partial charge in [0, 0.05) is 17.9 Å². The fourth-order valence-electron chi connectivity index (χ4n) is 2.64. The molecular formula is C15H22BN3O3. The molecule has 0 bridgehead atoms. The fourth-order valence-corrected chi connectivity index (χ4v) is 2.64. The Bertz CT molecular complexity index is 723. The summed E-state index contributed by atoms with van der Waals surface area (Å²) in [6.07, 6.45) is 0. The fraction of sp³-hybridized carbons (Fsp3) is 0.600. The van der Waals surface area contributed by atoms with Crippen molar-refractivity contribution >= 4 is 23.6 Å². The monoisotopic (exact) mass is 303 g/mol. The minimum absolute atomic E-state index is 0.401. The van der Waals surface area contributed by atoms with Gasteiger partial charge in [-0.15, -0.1) is 0 Å². The summed E-state index contributed by atoms with van der Waals surface area (Å²) in [4.78, 5) is 4.57. The second-order valence-electron chi connectivity index (χ2n) is 6.76. The molecule has 2 aromatic rings. The Kier molecular flexibility index (Phi) is 3.27. The lowest BCUT2D eigenvalue weighted by atomic mass is 9.79. The predicted molar refractivity (Wildman–Crippen MR) is 85.5 cm³/mol. The number of hydrogen-bond donors (Lipinski definition) is 0. The highest BCUT2D eigenvalue weighted by Gasteiger charge is 2.52. The van der Waals surface area contributed by atoms with Crippen LogP contribution in [0.25, 0.3) is 11.0 Å². The van der Waals surface area contributed by atoms with E-state index in [9.17, 15) is 0 Å². The smallest absolute Gasteiger partial charge is 0.481 e. The van der Waals surface area contributed by atoms with Crippen molar-refractivity contribution in [2.24, 2.45) is 7.05 Å². The number of aryl methyl sites for hydroxylation is 2. The van der Waals surface area contributed by atoms with E-state index in [4.69, 9.17) is 14.0 Å². The summed E-state index contributed by atoms with van der Waals surface area (Å²) in [6.45, 7) is 10.1. The molecule has 0 amide bonds. The topological polar surface area (TPSA) is 58.4 Å². The van der Waals surface area contributed by atoms with Crippen LogP contribution >= 0.6 is 0 Å². The molecule has 22 heavy (non-hydrogen) atoms. The molecule has 0 aromatic carbocycles. The van der Waals surface area contributed by atoms with Crippen LogP contribution in [0, 0.1) is 6.92 Å². The Labute approximate surface area is 130 Å². The summed E-state index contributed by atoms with van der Waals surface area (Å²) in [6, 6.07) is 2.01. The van der Waals surface area contributed by atoms with Gasteiger partial charge in [0.05, 0.1) is 24.0 Å². The van der Waals surface area contributed by atoms with Gasteiger partial charge >= 0.3 is 7.12 Å². The van der Waals surface area contributed by atoms with Gasteiger partial charge in [-0.1, -0.05) is 0 Å². The summed E-state index contributed by atoms with van der Waals surface area (Å²) in [5.41, 5.74) is 1.70. The van der Waals surface area contributed by atoms with Crippen LogP contribution in [-0.2, 0) is 16.4 Å². The van der Waals surface area contributed by atoms with Crippen LogP contribution in [0.3, 0.4) is 0 Å². The minimum Gasteiger partial charge on any atom is -0.481 e. The zero-order chi connectivity index (χ0) is 16.3. The highest BCUT2D eigenvalue weighted by Crippen LogP contribution is 2.37. The van der Waals surface area contributed by atoms with Crippen LogP contribution in [0.1, 0.15) is 33.4 Å². The molecule has 0 aliphatic carbocycles. The minimum atomic E-state index is -0.503.